The number of rotatable bonds is 0. The molecular formula is C4H12N3O2+. The zero-order chi connectivity index (χ0) is 7.11. The molecule has 0 radical (unpaired) electrons. The lowest BCUT2D eigenvalue weighted by atomic mass is 10.4. The van der Waals surface area contributed by atoms with Crippen LogP contribution in [-0.2, 0) is 0 Å². The Kier molecular flexibility index (Phi) is 4.81. The summed E-state index contributed by atoms with van der Waals surface area (Å²) in [6.45, 7) is 2.50. The summed E-state index contributed by atoms with van der Waals surface area (Å²) in [6, 6.07) is 0. The molecule has 0 bridgehead atoms. The molecule has 0 aliphatic carbocycles. The summed E-state index contributed by atoms with van der Waals surface area (Å²) in [5.41, 5.74) is 5.53. The van der Waals surface area contributed by atoms with E-state index >= 15 is 0 Å². The maximum Gasteiger partial charge on any atom is 0.326 e. The molecular weight excluding hydrogens is 122 g/mol. The lowest BCUT2D eigenvalue weighted by Crippen LogP contribution is -2.03. The van der Waals surface area contributed by atoms with Crippen molar-refractivity contribution in [1.82, 2.24) is 5.32 Å². The first-order valence-electron chi connectivity index (χ1n) is 2.83. The van der Waals surface area contributed by atoms with E-state index in [0.717, 1.165) is 0 Å². The molecule has 0 aromatic heterocycles. The van der Waals surface area contributed by atoms with Gasteiger partial charge in [0.25, 0.3) is 0 Å². The van der Waals surface area contributed by atoms with Crippen molar-refractivity contribution in [3.8, 4) is 0 Å². The van der Waals surface area contributed by atoms with Crippen LogP contribution in [0.1, 0.15) is 12.8 Å². The standard InChI is InChI=1S/C4H9N.H3N2O2/c1-2-4-5-3-1;1-2(3)4/h5H,1-4H2;(H3,1,3,4)/q;+1. The average molecular weight is 134 g/mol. The van der Waals surface area contributed by atoms with Crippen LogP contribution in [0.5, 0.6) is 0 Å². The van der Waals surface area contributed by atoms with Gasteiger partial charge in [0.2, 0.25) is 0 Å². The Hall–Kier alpha value is -0.840. The van der Waals surface area contributed by atoms with Gasteiger partial charge in [0.1, 0.15) is 0 Å². The number of hydrogen-bond donors (Lipinski definition) is 4. The van der Waals surface area contributed by atoms with Gasteiger partial charge in [-0.3, -0.25) is 0 Å². The van der Waals surface area contributed by atoms with Crippen LogP contribution < -0.4 is 5.32 Å². The van der Waals surface area contributed by atoms with E-state index in [4.69, 9.17) is 15.9 Å². The molecule has 0 atom stereocenters. The highest BCUT2D eigenvalue weighted by Crippen LogP contribution is 1.90. The largest absolute Gasteiger partial charge is 0.326 e. The van der Waals surface area contributed by atoms with E-state index in [1.807, 2.05) is 0 Å². The predicted molar refractivity (Wildman–Crippen MR) is 28.7 cm³/mol. The second kappa shape index (κ2) is 5.30. The fourth-order valence-electron chi connectivity index (χ4n) is 0.625. The number of hydrogen-bond acceptors (Lipinski definition) is 2. The lowest BCUT2D eigenvalue weighted by molar-refractivity contribution is -1.01. The fourth-order valence-corrected chi connectivity index (χ4v) is 0.625. The fraction of sp³-hybridized carbons (Fsp3) is 1.00. The van der Waals surface area contributed by atoms with Gasteiger partial charge < -0.3 is 5.32 Å². The van der Waals surface area contributed by atoms with Crippen LogP contribution in [0.25, 0.3) is 0 Å². The normalized spacial score (nSPS) is 16.0. The van der Waals surface area contributed by atoms with Crippen LogP contribution >= 0.6 is 0 Å². The molecule has 0 unspecified atom stereocenters. The van der Waals surface area contributed by atoms with Gasteiger partial charge >= 0.3 is 5.02 Å². The molecule has 9 heavy (non-hydrogen) atoms. The summed E-state index contributed by atoms with van der Waals surface area (Å²) in [5.74, 6) is 0. The van der Waals surface area contributed by atoms with E-state index in [2.05, 4.69) is 5.32 Å². The van der Waals surface area contributed by atoms with E-state index in [1.54, 1.807) is 0 Å². The van der Waals surface area contributed by atoms with Gasteiger partial charge in [-0.25, -0.2) is 10.4 Å². The Labute approximate surface area is 53.3 Å². The Balaban J connectivity index is 0.000000148. The van der Waals surface area contributed by atoms with Gasteiger partial charge in [0.05, 0.1) is 0 Å². The van der Waals surface area contributed by atoms with Crippen molar-refractivity contribution >= 4 is 0 Å². The smallest absolute Gasteiger partial charge is 0.317 e. The first-order valence-corrected chi connectivity index (χ1v) is 2.83. The first-order chi connectivity index (χ1) is 4.23. The molecule has 54 valence electrons. The predicted octanol–water partition coefficient (Wildman–Crippen LogP) is 0.178. The number of nitrogens with zero attached hydrogens (tertiary/aromatic N) is 1. The maximum absolute atomic E-state index is 7.11. The van der Waals surface area contributed by atoms with Crippen molar-refractivity contribution < 1.29 is 15.4 Å². The highest BCUT2D eigenvalue weighted by Gasteiger charge is 1.93. The molecule has 1 aliphatic heterocycles. The summed E-state index contributed by atoms with van der Waals surface area (Å²) in [6.07, 6.45) is 2.78. The van der Waals surface area contributed by atoms with Crippen LogP contribution in [0, 0.1) is 5.53 Å². The topological polar surface area (TPSA) is 79.4 Å². The van der Waals surface area contributed by atoms with E-state index in [-0.39, 0.29) is 0 Å². The highest BCUT2D eigenvalue weighted by atomic mass is 16.8. The highest BCUT2D eigenvalue weighted by molar-refractivity contribution is 4.55. The quantitative estimate of drug-likeness (QED) is 0.282. The molecule has 1 saturated heterocycles. The molecule has 0 amide bonds. The van der Waals surface area contributed by atoms with Crippen molar-refractivity contribution in [3.05, 3.63) is 0 Å². The third kappa shape index (κ3) is 11.0. The van der Waals surface area contributed by atoms with Gasteiger partial charge in [-0.15, -0.1) is 0 Å². The minimum atomic E-state index is -0.750. The molecule has 0 saturated carbocycles. The molecule has 5 heteroatoms. The van der Waals surface area contributed by atoms with Crippen molar-refractivity contribution in [1.29, 1.82) is 5.53 Å². The summed E-state index contributed by atoms with van der Waals surface area (Å²) in [5, 5.41) is 16.7. The zero-order valence-corrected chi connectivity index (χ0v) is 5.17. The van der Waals surface area contributed by atoms with Gasteiger partial charge in [-0.05, 0) is 25.9 Å². The van der Waals surface area contributed by atoms with Crippen molar-refractivity contribution in [2.75, 3.05) is 13.1 Å². The van der Waals surface area contributed by atoms with Crippen molar-refractivity contribution in [2.24, 2.45) is 0 Å². The number of nitrogens with one attached hydrogen (secondary N) is 2. The van der Waals surface area contributed by atoms with Crippen molar-refractivity contribution in [2.45, 2.75) is 12.8 Å². The van der Waals surface area contributed by atoms with Gasteiger partial charge in [0.15, 0.2) is 0 Å². The van der Waals surface area contributed by atoms with Crippen molar-refractivity contribution in [3.63, 3.8) is 0 Å². The Morgan fingerprint density at radius 1 is 1.22 bits per heavy atom. The summed E-state index contributed by atoms with van der Waals surface area (Å²) >= 11 is 0. The summed E-state index contributed by atoms with van der Waals surface area (Å²) < 4.78 is 0. The Morgan fingerprint density at radius 3 is 1.67 bits per heavy atom. The van der Waals surface area contributed by atoms with E-state index < -0.39 is 5.02 Å². The monoisotopic (exact) mass is 134 g/mol. The zero-order valence-electron chi connectivity index (χ0n) is 5.17. The van der Waals surface area contributed by atoms with Crippen LogP contribution in [0.3, 0.4) is 0 Å². The summed E-state index contributed by atoms with van der Waals surface area (Å²) in [7, 11) is 0. The molecule has 0 spiro atoms. The maximum atomic E-state index is 7.11. The van der Waals surface area contributed by atoms with Gasteiger partial charge in [-0.1, -0.05) is 0 Å². The van der Waals surface area contributed by atoms with Gasteiger partial charge in [0, 0.05) is 5.53 Å². The SMILES string of the molecule is C1CCNC1.N=[N+](O)O. The molecule has 1 rings (SSSR count). The third-order valence-electron chi connectivity index (χ3n) is 0.957. The minimum Gasteiger partial charge on any atom is -0.317 e. The van der Waals surface area contributed by atoms with Crippen LogP contribution in [0.4, 0.5) is 0 Å². The van der Waals surface area contributed by atoms with E-state index in [9.17, 15) is 0 Å². The average Bonchev–Trinajstić information content (AvgIpc) is 2.11. The first kappa shape index (κ1) is 8.16. The molecule has 1 aliphatic rings. The molecule has 0 aromatic rings. The Bertz CT molecular complexity index is 70.3. The second-order valence-corrected chi connectivity index (χ2v) is 1.75. The van der Waals surface area contributed by atoms with E-state index in [0.29, 0.717) is 0 Å². The molecule has 1 fully saturated rings. The second-order valence-electron chi connectivity index (χ2n) is 1.75. The van der Waals surface area contributed by atoms with Crippen LogP contribution in [-0.4, -0.2) is 28.5 Å². The minimum absolute atomic E-state index is 0.750. The lowest BCUT2D eigenvalue weighted by Gasteiger charge is -1.76. The third-order valence-corrected chi connectivity index (χ3v) is 0.957. The van der Waals surface area contributed by atoms with E-state index in [1.165, 1.54) is 25.9 Å². The summed E-state index contributed by atoms with van der Waals surface area (Å²) in [4.78, 5) is 0. The molecule has 0 aromatic carbocycles. The van der Waals surface area contributed by atoms with Gasteiger partial charge in [-0.2, -0.15) is 0 Å². The molecule has 1 heterocycles. The molecule has 4 N–H and O–H groups in total. The molecule has 5 nitrogen and oxygen atoms in total. The van der Waals surface area contributed by atoms with Crippen LogP contribution in [0.2, 0.25) is 0 Å². The Morgan fingerprint density at radius 2 is 1.56 bits per heavy atom. The van der Waals surface area contributed by atoms with Crippen LogP contribution in [0.15, 0.2) is 0 Å².